The monoisotopic (exact) mass is 628 g/mol. The molecule has 0 bridgehead atoms. The lowest BCUT2D eigenvalue weighted by Crippen LogP contribution is -2.28. The van der Waals surface area contributed by atoms with Crippen LogP contribution in [0.15, 0.2) is 72.8 Å². The molecule has 1 saturated carbocycles. The van der Waals surface area contributed by atoms with E-state index >= 15 is 0 Å². The summed E-state index contributed by atoms with van der Waals surface area (Å²) < 4.78 is 50.6. The normalized spacial score (nSPS) is 20.1. The van der Waals surface area contributed by atoms with Crippen molar-refractivity contribution in [1.82, 2.24) is 0 Å². The third kappa shape index (κ3) is 11.7. The molecule has 45 heavy (non-hydrogen) atoms. The van der Waals surface area contributed by atoms with Crippen molar-refractivity contribution < 1.29 is 42.4 Å². The molecule has 2 aromatic carbocycles. The maximum absolute atomic E-state index is 14.4. The number of hydrogen-bond donors (Lipinski definition) is 1. The van der Waals surface area contributed by atoms with Gasteiger partial charge < -0.3 is 24.1 Å². The summed E-state index contributed by atoms with van der Waals surface area (Å²) >= 11 is 0. The summed E-state index contributed by atoms with van der Waals surface area (Å²) in [6.45, 7) is 2.26. The van der Waals surface area contributed by atoms with Crippen LogP contribution < -0.4 is 9.47 Å². The molecule has 2 aromatic rings. The van der Waals surface area contributed by atoms with Crippen LogP contribution in [0.25, 0.3) is 0 Å². The minimum atomic E-state index is -3.42. The van der Waals surface area contributed by atoms with Gasteiger partial charge in [0, 0.05) is 25.2 Å². The van der Waals surface area contributed by atoms with Gasteiger partial charge in [0.25, 0.3) is 0 Å². The van der Waals surface area contributed by atoms with Gasteiger partial charge in [-0.2, -0.15) is 8.78 Å². The number of aliphatic hydroxyl groups is 1. The fraction of sp³-hybridized carbons (Fsp3) is 0.500. The Balaban J connectivity index is 1.55. The Labute approximate surface area is 265 Å². The van der Waals surface area contributed by atoms with E-state index in [0.29, 0.717) is 32.1 Å². The van der Waals surface area contributed by atoms with Crippen LogP contribution in [0.2, 0.25) is 0 Å². The summed E-state index contributed by atoms with van der Waals surface area (Å²) in [6, 6.07) is 14.7. The van der Waals surface area contributed by atoms with E-state index in [1.165, 1.54) is 6.08 Å². The third-order valence-electron chi connectivity index (χ3n) is 8.07. The molecule has 0 amide bonds. The highest BCUT2D eigenvalue weighted by atomic mass is 19.3. The predicted molar refractivity (Wildman–Crippen MR) is 168 cm³/mol. The van der Waals surface area contributed by atoms with Crippen LogP contribution in [0.5, 0.6) is 11.5 Å². The van der Waals surface area contributed by atoms with E-state index in [-0.39, 0.29) is 37.9 Å². The number of ether oxygens (including phenoxy) is 4. The molecule has 4 atom stereocenters. The van der Waals surface area contributed by atoms with E-state index in [2.05, 4.69) is 0 Å². The van der Waals surface area contributed by atoms with Crippen molar-refractivity contribution in [2.75, 3.05) is 14.2 Å². The maximum atomic E-state index is 14.4. The van der Waals surface area contributed by atoms with Gasteiger partial charge in [0.1, 0.15) is 18.1 Å². The van der Waals surface area contributed by atoms with E-state index in [4.69, 9.17) is 18.9 Å². The second-order valence-corrected chi connectivity index (χ2v) is 11.4. The van der Waals surface area contributed by atoms with E-state index in [9.17, 15) is 23.5 Å². The zero-order valence-electron chi connectivity index (χ0n) is 26.5. The van der Waals surface area contributed by atoms with Crippen LogP contribution in [0, 0.1) is 11.8 Å². The second kappa shape index (κ2) is 18.4. The smallest absolute Gasteiger partial charge is 0.309 e. The first-order chi connectivity index (χ1) is 21.7. The van der Waals surface area contributed by atoms with Crippen molar-refractivity contribution in [2.45, 2.75) is 89.6 Å². The average Bonchev–Trinajstić information content (AvgIpc) is 3.35. The van der Waals surface area contributed by atoms with Gasteiger partial charge in [-0.05, 0) is 73.1 Å². The van der Waals surface area contributed by atoms with Crippen molar-refractivity contribution in [1.29, 1.82) is 0 Å². The molecular weight excluding hydrogens is 582 g/mol. The van der Waals surface area contributed by atoms with E-state index in [1.807, 2.05) is 60.7 Å². The van der Waals surface area contributed by atoms with Gasteiger partial charge in [0.05, 0.1) is 33.0 Å². The van der Waals surface area contributed by atoms with Crippen molar-refractivity contribution in [3.63, 3.8) is 0 Å². The van der Waals surface area contributed by atoms with Gasteiger partial charge in [0.2, 0.25) is 5.78 Å². The summed E-state index contributed by atoms with van der Waals surface area (Å²) in [5.74, 6) is -4.22. The van der Waals surface area contributed by atoms with Gasteiger partial charge in [0.15, 0.2) is 0 Å². The molecule has 0 unspecified atom stereocenters. The molecule has 0 heterocycles. The molecule has 1 N–H and O–H groups in total. The van der Waals surface area contributed by atoms with E-state index < -0.39 is 36.3 Å². The minimum Gasteiger partial charge on any atom is -0.497 e. The van der Waals surface area contributed by atoms with Crippen molar-refractivity contribution in [3.05, 3.63) is 84.0 Å². The molecule has 3 rings (SSSR count). The van der Waals surface area contributed by atoms with Gasteiger partial charge in [-0.3, -0.25) is 9.59 Å². The molecule has 7 nitrogen and oxygen atoms in total. The second-order valence-electron chi connectivity index (χ2n) is 11.4. The standard InChI is InChI=1S/C36H46F2O7/c1-4-5-22-36(37,38)34(40)21-20-31-30(32(39)23-33(31)44-24-26-12-16-28(42-2)17-13-26)10-8-6-7-9-11-35(41)45-25-27-14-18-29(43-3)19-15-27/h6,8,12-21,30-33,39H,4-5,7,9-11,22-25H2,1-3H3/b8-6-,21-20+/t30-,31-,32+,33-/m1/s1. The predicted octanol–water partition coefficient (Wildman–Crippen LogP) is 7.40. The molecule has 0 aromatic heterocycles. The van der Waals surface area contributed by atoms with Crippen LogP contribution >= 0.6 is 0 Å². The van der Waals surface area contributed by atoms with Crippen LogP contribution in [-0.4, -0.2) is 49.2 Å². The number of allylic oxidation sites excluding steroid dienone is 3. The number of aliphatic hydroxyl groups excluding tert-OH is 1. The summed E-state index contributed by atoms with van der Waals surface area (Å²) in [4.78, 5) is 24.5. The van der Waals surface area contributed by atoms with Gasteiger partial charge in [-0.25, -0.2) is 0 Å². The molecule has 1 fully saturated rings. The first-order valence-electron chi connectivity index (χ1n) is 15.6. The lowest BCUT2D eigenvalue weighted by molar-refractivity contribution is -0.145. The molecule has 0 spiro atoms. The lowest BCUT2D eigenvalue weighted by atomic mass is 9.89. The van der Waals surface area contributed by atoms with E-state index in [0.717, 1.165) is 28.7 Å². The van der Waals surface area contributed by atoms with Crippen molar-refractivity contribution in [2.24, 2.45) is 11.8 Å². The van der Waals surface area contributed by atoms with E-state index in [1.54, 1.807) is 21.1 Å². The fourth-order valence-corrected chi connectivity index (χ4v) is 5.32. The number of rotatable bonds is 19. The Bertz CT molecular complexity index is 1240. The Morgan fingerprint density at radius 1 is 0.933 bits per heavy atom. The Morgan fingerprint density at radius 3 is 2.16 bits per heavy atom. The number of carbonyl (C=O) groups is 2. The quantitative estimate of drug-likeness (QED) is 0.0751. The number of carbonyl (C=O) groups excluding carboxylic acids is 2. The highest BCUT2D eigenvalue weighted by Gasteiger charge is 2.42. The molecular formula is C36H46F2O7. The number of benzene rings is 2. The molecule has 1 aliphatic carbocycles. The Hall–Kier alpha value is -3.56. The van der Waals surface area contributed by atoms with Crippen LogP contribution in [0.3, 0.4) is 0 Å². The maximum Gasteiger partial charge on any atom is 0.309 e. The molecule has 246 valence electrons. The molecule has 1 aliphatic rings. The van der Waals surface area contributed by atoms with Gasteiger partial charge in [-0.15, -0.1) is 0 Å². The average molecular weight is 629 g/mol. The molecule has 9 heteroatoms. The lowest BCUT2D eigenvalue weighted by Gasteiger charge is -2.22. The SMILES string of the molecule is CCCCC(F)(F)C(=O)/C=C/[C@@H]1[C@@H](C/C=C\CCCC(=O)OCc2ccc(OC)cc2)[C@@H](O)C[C@H]1OCc1ccc(OC)cc1. The first kappa shape index (κ1) is 35.9. The largest absolute Gasteiger partial charge is 0.497 e. The zero-order valence-corrected chi connectivity index (χ0v) is 26.5. The molecule has 0 aliphatic heterocycles. The molecule has 0 radical (unpaired) electrons. The Kier molecular flexibility index (Phi) is 14.7. The third-order valence-corrected chi connectivity index (χ3v) is 8.07. The number of unbranched alkanes of at least 4 members (excludes halogenated alkanes) is 2. The topological polar surface area (TPSA) is 91.3 Å². The summed E-state index contributed by atoms with van der Waals surface area (Å²) in [5, 5.41) is 10.9. The van der Waals surface area contributed by atoms with Crippen molar-refractivity contribution >= 4 is 11.8 Å². The number of methoxy groups -OCH3 is 2. The summed E-state index contributed by atoms with van der Waals surface area (Å²) in [7, 11) is 3.18. The van der Waals surface area contributed by atoms with Crippen molar-refractivity contribution in [3.8, 4) is 11.5 Å². The number of esters is 1. The number of hydrogen-bond acceptors (Lipinski definition) is 7. The van der Waals surface area contributed by atoms with Gasteiger partial charge in [-0.1, -0.05) is 55.8 Å². The fourth-order valence-electron chi connectivity index (χ4n) is 5.32. The summed E-state index contributed by atoms with van der Waals surface area (Å²) in [6.07, 6.45) is 7.81. The highest BCUT2D eigenvalue weighted by Crippen LogP contribution is 2.39. The van der Waals surface area contributed by atoms with Crippen LogP contribution in [0.1, 0.15) is 69.4 Å². The Morgan fingerprint density at radius 2 is 1.56 bits per heavy atom. The van der Waals surface area contributed by atoms with Crippen LogP contribution in [0.4, 0.5) is 8.78 Å². The summed E-state index contributed by atoms with van der Waals surface area (Å²) in [5.41, 5.74) is 1.78. The van der Waals surface area contributed by atoms with Crippen LogP contribution in [-0.2, 0) is 32.3 Å². The number of alkyl halides is 2. The first-order valence-corrected chi connectivity index (χ1v) is 15.6. The molecule has 0 saturated heterocycles. The minimum absolute atomic E-state index is 0.196. The highest BCUT2D eigenvalue weighted by molar-refractivity contribution is 5.95. The zero-order chi connectivity index (χ0) is 32.7. The number of ketones is 1. The number of halogens is 2. The van der Waals surface area contributed by atoms with Gasteiger partial charge >= 0.3 is 11.9 Å².